The maximum Gasteiger partial charge on any atom is 0.227 e. The minimum atomic E-state index is 0.423. The van der Waals surface area contributed by atoms with Crippen LogP contribution in [0.15, 0.2) is 36.5 Å². The molecule has 0 bridgehead atoms. The van der Waals surface area contributed by atoms with Gasteiger partial charge in [0, 0.05) is 42.3 Å². The Morgan fingerprint density at radius 1 is 1.08 bits per heavy atom. The maximum atomic E-state index is 4.81. The molecule has 1 fully saturated rings. The van der Waals surface area contributed by atoms with Crippen LogP contribution < -0.4 is 10.2 Å². The van der Waals surface area contributed by atoms with Crippen molar-refractivity contribution in [2.24, 2.45) is 0 Å². The molecule has 3 heterocycles. The molecule has 0 aliphatic carbocycles. The minimum Gasteiger partial charge on any atom is -0.338 e. The van der Waals surface area contributed by atoms with Gasteiger partial charge in [-0.1, -0.05) is 18.2 Å². The van der Waals surface area contributed by atoms with Gasteiger partial charge in [0.05, 0.1) is 11.7 Å². The van der Waals surface area contributed by atoms with Gasteiger partial charge in [-0.2, -0.15) is 10.1 Å². The highest BCUT2D eigenvalue weighted by Gasteiger charge is 2.23. The Bertz CT molecular complexity index is 861. The van der Waals surface area contributed by atoms with Crippen molar-refractivity contribution in [2.75, 3.05) is 18.0 Å². The second-order valence-electron chi connectivity index (χ2n) is 6.66. The monoisotopic (exact) mass is 322 g/mol. The van der Waals surface area contributed by atoms with Crippen LogP contribution in [0, 0.1) is 6.92 Å². The Kier molecular flexibility index (Phi) is 3.69. The van der Waals surface area contributed by atoms with E-state index in [0.717, 1.165) is 41.5 Å². The lowest BCUT2D eigenvalue weighted by atomic mass is 10.1. The smallest absolute Gasteiger partial charge is 0.227 e. The average Bonchev–Trinajstić information content (AvgIpc) is 2.97. The summed E-state index contributed by atoms with van der Waals surface area (Å²) in [5.41, 5.74) is 2.01. The lowest BCUT2D eigenvalue weighted by Gasteiger charge is -2.36. The first kappa shape index (κ1) is 15.1. The first-order chi connectivity index (χ1) is 11.6. The van der Waals surface area contributed by atoms with Gasteiger partial charge in [0.1, 0.15) is 0 Å². The van der Waals surface area contributed by atoms with Gasteiger partial charge in [-0.3, -0.25) is 0 Å². The number of nitrogens with zero attached hydrogens (tertiary/aromatic N) is 5. The topological polar surface area (TPSA) is 58.9 Å². The van der Waals surface area contributed by atoms with Crippen molar-refractivity contribution >= 4 is 16.9 Å². The number of rotatable bonds is 2. The molecule has 24 heavy (non-hydrogen) atoms. The molecule has 6 nitrogen and oxygen atoms in total. The maximum absolute atomic E-state index is 4.81. The van der Waals surface area contributed by atoms with Gasteiger partial charge in [0.15, 0.2) is 5.82 Å². The summed E-state index contributed by atoms with van der Waals surface area (Å²) in [7, 11) is 0. The fourth-order valence-corrected chi connectivity index (χ4v) is 3.43. The van der Waals surface area contributed by atoms with Gasteiger partial charge in [-0.05, 0) is 26.8 Å². The van der Waals surface area contributed by atoms with Gasteiger partial charge < -0.3 is 10.2 Å². The van der Waals surface area contributed by atoms with Crippen molar-refractivity contribution in [1.82, 2.24) is 25.1 Å². The molecular formula is C18H22N6. The average molecular weight is 322 g/mol. The minimum absolute atomic E-state index is 0.423. The van der Waals surface area contributed by atoms with E-state index in [1.54, 1.807) is 0 Å². The van der Waals surface area contributed by atoms with Crippen molar-refractivity contribution in [3.63, 3.8) is 0 Å². The number of aryl methyl sites for hydroxylation is 1. The van der Waals surface area contributed by atoms with E-state index in [1.807, 2.05) is 36.0 Å². The van der Waals surface area contributed by atoms with Crippen molar-refractivity contribution in [3.8, 4) is 5.82 Å². The molecule has 0 radical (unpaired) electrons. The third-order valence-electron chi connectivity index (χ3n) is 4.36. The second kappa shape index (κ2) is 5.87. The number of anilines is 1. The number of aromatic nitrogens is 4. The number of nitrogens with one attached hydrogen (secondary N) is 1. The van der Waals surface area contributed by atoms with Gasteiger partial charge in [0.2, 0.25) is 5.95 Å². The molecule has 1 saturated heterocycles. The summed E-state index contributed by atoms with van der Waals surface area (Å²) in [6.07, 6.45) is 1.88. The number of hydrogen-bond donors (Lipinski definition) is 1. The van der Waals surface area contributed by atoms with Gasteiger partial charge >= 0.3 is 0 Å². The van der Waals surface area contributed by atoms with Crippen LogP contribution in [0.1, 0.15) is 19.5 Å². The summed E-state index contributed by atoms with van der Waals surface area (Å²) in [5, 5.41) is 9.17. The Morgan fingerprint density at radius 2 is 1.83 bits per heavy atom. The van der Waals surface area contributed by atoms with Crippen molar-refractivity contribution in [3.05, 3.63) is 42.2 Å². The lowest BCUT2D eigenvalue weighted by Crippen LogP contribution is -2.54. The summed E-state index contributed by atoms with van der Waals surface area (Å²) in [5.74, 6) is 1.60. The summed E-state index contributed by atoms with van der Waals surface area (Å²) >= 11 is 0. The van der Waals surface area contributed by atoms with Crippen LogP contribution in [0.3, 0.4) is 0 Å². The van der Waals surface area contributed by atoms with Crippen LogP contribution >= 0.6 is 0 Å². The largest absolute Gasteiger partial charge is 0.338 e. The molecule has 1 N–H and O–H groups in total. The summed E-state index contributed by atoms with van der Waals surface area (Å²) < 4.78 is 1.89. The number of piperazine rings is 1. The molecule has 124 valence electrons. The second-order valence-corrected chi connectivity index (χ2v) is 6.66. The van der Waals surface area contributed by atoms with Gasteiger partial charge in [-0.25, -0.2) is 9.67 Å². The zero-order valence-corrected chi connectivity index (χ0v) is 14.3. The number of fused-ring (bicyclic) bond motifs is 1. The predicted octanol–water partition coefficient (Wildman–Crippen LogP) is 2.31. The highest BCUT2D eigenvalue weighted by Crippen LogP contribution is 2.20. The van der Waals surface area contributed by atoms with Gasteiger partial charge in [-0.15, -0.1) is 0 Å². The molecule has 4 rings (SSSR count). The Labute approximate surface area is 141 Å². The standard InChI is InChI=1S/C18H22N6/c1-12-8-17(24-16-7-5-4-6-15(16)9-19-24)22-18(21-12)23-10-13(2)20-14(3)11-23/h4-9,13-14,20H,10-11H2,1-3H3. The van der Waals surface area contributed by atoms with Crippen LogP contribution in [-0.2, 0) is 0 Å². The fraction of sp³-hybridized carbons (Fsp3) is 0.389. The first-order valence-electron chi connectivity index (χ1n) is 8.40. The van der Waals surface area contributed by atoms with E-state index in [1.165, 1.54) is 0 Å². The van der Waals surface area contributed by atoms with Crippen LogP contribution in [0.5, 0.6) is 0 Å². The third-order valence-corrected chi connectivity index (χ3v) is 4.36. The zero-order chi connectivity index (χ0) is 16.7. The molecule has 2 aromatic heterocycles. The molecule has 2 atom stereocenters. The van der Waals surface area contributed by atoms with E-state index < -0.39 is 0 Å². The molecule has 1 aliphatic rings. The van der Waals surface area contributed by atoms with Crippen molar-refractivity contribution in [1.29, 1.82) is 0 Å². The fourth-order valence-electron chi connectivity index (χ4n) is 3.43. The van der Waals surface area contributed by atoms with E-state index in [9.17, 15) is 0 Å². The Morgan fingerprint density at radius 3 is 2.62 bits per heavy atom. The molecule has 6 heteroatoms. The molecule has 3 aromatic rings. The summed E-state index contributed by atoms with van der Waals surface area (Å²) in [4.78, 5) is 11.7. The first-order valence-corrected chi connectivity index (χ1v) is 8.40. The van der Waals surface area contributed by atoms with Crippen LogP contribution in [-0.4, -0.2) is 44.9 Å². The quantitative estimate of drug-likeness (QED) is 0.784. The summed E-state index contributed by atoms with van der Waals surface area (Å²) in [6.45, 7) is 8.22. The van der Waals surface area contributed by atoms with Crippen LogP contribution in [0.4, 0.5) is 5.95 Å². The molecule has 1 aliphatic heterocycles. The number of para-hydroxylation sites is 1. The Hall–Kier alpha value is -2.47. The number of hydrogen-bond acceptors (Lipinski definition) is 5. The van der Waals surface area contributed by atoms with Crippen LogP contribution in [0.25, 0.3) is 16.7 Å². The zero-order valence-electron chi connectivity index (χ0n) is 14.3. The van der Waals surface area contributed by atoms with Gasteiger partial charge in [0.25, 0.3) is 0 Å². The Balaban J connectivity index is 1.76. The van der Waals surface area contributed by atoms with E-state index >= 15 is 0 Å². The molecule has 1 aromatic carbocycles. The lowest BCUT2D eigenvalue weighted by molar-refractivity contribution is 0.403. The third kappa shape index (κ3) is 2.73. The summed E-state index contributed by atoms with van der Waals surface area (Å²) in [6, 6.07) is 11.0. The highest BCUT2D eigenvalue weighted by atomic mass is 15.4. The normalized spacial score (nSPS) is 21.4. The molecule has 0 saturated carbocycles. The van der Waals surface area contributed by atoms with Crippen LogP contribution in [0.2, 0.25) is 0 Å². The van der Waals surface area contributed by atoms with E-state index in [2.05, 4.69) is 46.3 Å². The molecule has 2 unspecified atom stereocenters. The SMILES string of the molecule is Cc1cc(-n2ncc3ccccc32)nc(N2CC(C)NC(C)C2)n1. The van der Waals surface area contributed by atoms with E-state index in [4.69, 9.17) is 4.98 Å². The molecule has 0 spiro atoms. The highest BCUT2D eigenvalue weighted by molar-refractivity contribution is 5.79. The van der Waals surface area contributed by atoms with Crippen molar-refractivity contribution < 1.29 is 0 Å². The van der Waals surface area contributed by atoms with E-state index in [0.29, 0.717) is 12.1 Å². The number of benzene rings is 1. The predicted molar refractivity (Wildman–Crippen MR) is 95.7 cm³/mol. The molecular weight excluding hydrogens is 300 g/mol. The van der Waals surface area contributed by atoms with Crippen molar-refractivity contribution in [2.45, 2.75) is 32.9 Å². The molecule has 0 amide bonds. The van der Waals surface area contributed by atoms with E-state index in [-0.39, 0.29) is 0 Å².